The van der Waals surface area contributed by atoms with E-state index in [1.54, 1.807) is 55.6 Å². The molecule has 3 aromatic carbocycles. The van der Waals surface area contributed by atoms with Crippen molar-refractivity contribution in [3.63, 3.8) is 0 Å². The number of amides is 3. The van der Waals surface area contributed by atoms with Gasteiger partial charge >= 0.3 is 0 Å². The number of rotatable bonds is 12. The molecular formula is C28H32N4O4. The van der Waals surface area contributed by atoms with Crippen LogP contribution in [0.5, 0.6) is 0 Å². The highest BCUT2D eigenvalue weighted by Gasteiger charge is 2.11. The zero-order valence-corrected chi connectivity index (χ0v) is 20.5. The molecular weight excluding hydrogens is 456 g/mol. The SMILES string of the molecule is COCCCNC(=O)c1ccc(NC(=O)CNc2ccc(C(=O)NC(C)c3ccccc3)cc2)cc1. The van der Waals surface area contributed by atoms with Gasteiger partial charge < -0.3 is 26.0 Å². The highest BCUT2D eigenvalue weighted by molar-refractivity contribution is 5.97. The Morgan fingerprint density at radius 3 is 2.06 bits per heavy atom. The maximum atomic E-state index is 12.5. The molecule has 8 heteroatoms. The minimum absolute atomic E-state index is 0.0539. The molecule has 0 aliphatic rings. The van der Waals surface area contributed by atoms with E-state index >= 15 is 0 Å². The van der Waals surface area contributed by atoms with E-state index in [0.717, 1.165) is 17.7 Å². The van der Waals surface area contributed by atoms with Gasteiger partial charge in [-0.2, -0.15) is 0 Å². The second-order valence-corrected chi connectivity index (χ2v) is 8.26. The van der Waals surface area contributed by atoms with Crippen LogP contribution < -0.4 is 21.3 Å². The Balaban J connectivity index is 1.43. The lowest BCUT2D eigenvalue weighted by Crippen LogP contribution is -2.26. The zero-order chi connectivity index (χ0) is 25.8. The normalized spacial score (nSPS) is 11.3. The summed E-state index contributed by atoms with van der Waals surface area (Å²) < 4.78 is 4.96. The highest BCUT2D eigenvalue weighted by atomic mass is 16.5. The van der Waals surface area contributed by atoms with Gasteiger partial charge in [-0.1, -0.05) is 30.3 Å². The lowest BCUT2D eigenvalue weighted by Gasteiger charge is -2.14. The van der Waals surface area contributed by atoms with Crippen molar-refractivity contribution in [3.05, 3.63) is 95.6 Å². The Morgan fingerprint density at radius 1 is 0.806 bits per heavy atom. The van der Waals surface area contributed by atoms with E-state index in [0.29, 0.717) is 30.0 Å². The number of hydrogen-bond acceptors (Lipinski definition) is 5. The van der Waals surface area contributed by atoms with Crippen LogP contribution in [0, 0.1) is 0 Å². The molecule has 0 heterocycles. The summed E-state index contributed by atoms with van der Waals surface area (Å²) in [5, 5.41) is 11.6. The molecule has 188 valence electrons. The number of ether oxygens (including phenoxy) is 1. The van der Waals surface area contributed by atoms with Crippen LogP contribution >= 0.6 is 0 Å². The third-order valence-electron chi connectivity index (χ3n) is 5.49. The average molecular weight is 489 g/mol. The largest absolute Gasteiger partial charge is 0.385 e. The second-order valence-electron chi connectivity index (χ2n) is 8.26. The van der Waals surface area contributed by atoms with Crippen molar-refractivity contribution in [1.29, 1.82) is 0 Å². The summed E-state index contributed by atoms with van der Waals surface area (Å²) in [5.41, 5.74) is 3.41. The molecule has 36 heavy (non-hydrogen) atoms. The number of carbonyl (C=O) groups excluding carboxylic acids is 3. The number of nitrogens with one attached hydrogen (secondary N) is 4. The van der Waals surface area contributed by atoms with E-state index in [-0.39, 0.29) is 30.3 Å². The summed E-state index contributed by atoms with van der Waals surface area (Å²) >= 11 is 0. The fourth-order valence-electron chi connectivity index (χ4n) is 3.46. The van der Waals surface area contributed by atoms with E-state index in [9.17, 15) is 14.4 Å². The minimum Gasteiger partial charge on any atom is -0.385 e. The maximum absolute atomic E-state index is 12.5. The monoisotopic (exact) mass is 488 g/mol. The Labute approximate surface area is 211 Å². The lowest BCUT2D eigenvalue weighted by atomic mass is 10.1. The van der Waals surface area contributed by atoms with Crippen LogP contribution in [0.15, 0.2) is 78.9 Å². The molecule has 3 aromatic rings. The van der Waals surface area contributed by atoms with Crippen LogP contribution in [-0.4, -0.2) is 44.5 Å². The first-order chi connectivity index (χ1) is 17.5. The van der Waals surface area contributed by atoms with E-state index in [1.807, 2.05) is 37.3 Å². The quantitative estimate of drug-likeness (QED) is 0.288. The molecule has 3 amide bonds. The van der Waals surface area contributed by atoms with Crippen molar-refractivity contribution < 1.29 is 19.1 Å². The Bertz CT molecular complexity index is 1130. The van der Waals surface area contributed by atoms with Gasteiger partial charge in [-0.05, 0) is 67.4 Å². The van der Waals surface area contributed by atoms with Crippen LogP contribution in [0.2, 0.25) is 0 Å². The Morgan fingerprint density at radius 2 is 1.42 bits per heavy atom. The summed E-state index contributed by atoms with van der Waals surface area (Å²) in [7, 11) is 1.62. The number of carbonyl (C=O) groups is 3. The van der Waals surface area contributed by atoms with Gasteiger partial charge in [0.1, 0.15) is 0 Å². The summed E-state index contributed by atoms with van der Waals surface area (Å²) in [6, 6.07) is 23.3. The number of benzene rings is 3. The molecule has 0 radical (unpaired) electrons. The first kappa shape index (κ1) is 26.4. The van der Waals surface area contributed by atoms with Gasteiger partial charge in [0, 0.05) is 42.8 Å². The van der Waals surface area contributed by atoms with Crippen molar-refractivity contribution in [2.24, 2.45) is 0 Å². The van der Waals surface area contributed by atoms with Crippen LogP contribution in [0.25, 0.3) is 0 Å². The van der Waals surface area contributed by atoms with Crippen molar-refractivity contribution in [1.82, 2.24) is 10.6 Å². The standard InChI is InChI=1S/C28H32N4O4/c1-20(21-7-4-3-5-8-21)31-28(35)23-9-13-24(14-10-23)30-19-26(33)32-25-15-11-22(12-16-25)27(34)29-17-6-18-36-2/h3-5,7-16,20,30H,6,17-19H2,1-2H3,(H,29,34)(H,31,35)(H,32,33). The number of anilines is 2. The summed E-state index contributed by atoms with van der Waals surface area (Å²) in [5.74, 6) is -0.565. The molecule has 8 nitrogen and oxygen atoms in total. The van der Waals surface area contributed by atoms with Gasteiger partial charge in [0.25, 0.3) is 11.8 Å². The fourth-order valence-corrected chi connectivity index (χ4v) is 3.46. The molecule has 1 unspecified atom stereocenters. The summed E-state index contributed by atoms with van der Waals surface area (Å²) in [6.45, 7) is 3.12. The predicted molar refractivity (Wildman–Crippen MR) is 141 cm³/mol. The van der Waals surface area contributed by atoms with E-state index < -0.39 is 0 Å². The third kappa shape index (κ3) is 8.25. The van der Waals surface area contributed by atoms with Crippen molar-refractivity contribution in [3.8, 4) is 0 Å². The molecule has 4 N–H and O–H groups in total. The molecule has 0 aliphatic heterocycles. The second kappa shape index (κ2) is 13.7. The van der Waals surface area contributed by atoms with E-state index in [2.05, 4.69) is 21.3 Å². The lowest BCUT2D eigenvalue weighted by molar-refractivity contribution is -0.114. The summed E-state index contributed by atoms with van der Waals surface area (Å²) in [6.07, 6.45) is 0.743. The maximum Gasteiger partial charge on any atom is 0.251 e. The van der Waals surface area contributed by atoms with Crippen molar-refractivity contribution in [2.45, 2.75) is 19.4 Å². The molecule has 0 bridgehead atoms. The number of methoxy groups -OCH3 is 1. The molecule has 0 fully saturated rings. The molecule has 1 atom stereocenters. The topological polar surface area (TPSA) is 109 Å². The Hall–Kier alpha value is -4.17. The van der Waals surface area contributed by atoms with Gasteiger partial charge in [-0.15, -0.1) is 0 Å². The molecule has 0 saturated carbocycles. The van der Waals surface area contributed by atoms with Crippen LogP contribution in [0.1, 0.15) is 45.7 Å². The van der Waals surface area contributed by atoms with E-state index in [1.165, 1.54) is 0 Å². The molecule has 0 aromatic heterocycles. The minimum atomic E-state index is -0.231. The van der Waals surface area contributed by atoms with Crippen LogP contribution in [0.3, 0.4) is 0 Å². The fraction of sp³-hybridized carbons (Fsp3) is 0.250. The third-order valence-corrected chi connectivity index (χ3v) is 5.49. The van der Waals surface area contributed by atoms with Gasteiger partial charge in [0.05, 0.1) is 12.6 Å². The number of hydrogen-bond donors (Lipinski definition) is 4. The van der Waals surface area contributed by atoms with Gasteiger partial charge in [-0.3, -0.25) is 14.4 Å². The highest BCUT2D eigenvalue weighted by Crippen LogP contribution is 2.14. The Kier molecular flexibility index (Phi) is 10.0. The zero-order valence-electron chi connectivity index (χ0n) is 20.5. The smallest absolute Gasteiger partial charge is 0.251 e. The first-order valence-corrected chi connectivity index (χ1v) is 11.8. The molecule has 3 rings (SSSR count). The van der Waals surface area contributed by atoms with Crippen molar-refractivity contribution in [2.75, 3.05) is 37.4 Å². The summed E-state index contributed by atoms with van der Waals surface area (Å²) in [4.78, 5) is 36.9. The van der Waals surface area contributed by atoms with Gasteiger partial charge in [0.15, 0.2) is 0 Å². The van der Waals surface area contributed by atoms with Gasteiger partial charge in [-0.25, -0.2) is 0 Å². The molecule has 0 spiro atoms. The average Bonchev–Trinajstić information content (AvgIpc) is 2.91. The van der Waals surface area contributed by atoms with Crippen LogP contribution in [-0.2, 0) is 9.53 Å². The first-order valence-electron chi connectivity index (χ1n) is 11.8. The molecule has 0 saturated heterocycles. The molecule has 0 aliphatic carbocycles. The van der Waals surface area contributed by atoms with Gasteiger partial charge in [0.2, 0.25) is 5.91 Å². The van der Waals surface area contributed by atoms with Crippen LogP contribution in [0.4, 0.5) is 11.4 Å². The predicted octanol–water partition coefficient (Wildman–Crippen LogP) is 3.99. The van der Waals surface area contributed by atoms with Crippen molar-refractivity contribution >= 4 is 29.1 Å². The van der Waals surface area contributed by atoms with E-state index in [4.69, 9.17) is 4.74 Å².